The van der Waals surface area contributed by atoms with Gasteiger partial charge in [0.25, 0.3) is 0 Å². The molecule has 0 saturated heterocycles. The molecule has 1 aliphatic heterocycles. The summed E-state index contributed by atoms with van der Waals surface area (Å²) in [6.45, 7) is 0.962. The van der Waals surface area contributed by atoms with Crippen LogP contribution in [0.4, 0.5) is 15.8 Å². The van der Waals surface area contributed by atoms with Gasteiger partial charge in [0.05, 0.1) is 11.4 Å². The molecule has 0 amide bonds. The first-order valence-corrected chi connectivity index (χ1v) is 5.13. The molecule has 1 atom stereocenters. The summed E-state index contributed by atoms with van der Waals surface area (Å²) in [7, 11) is 0. The third-order valence-electron chi connectivity index (χ3n) is 3.03. The van der Waals surface area contributed by atoms with Crippen molar-refractivity contribution in [2.45, 2.75) is 18.9 Å². The third kappa shape index (κ3) is 1.33. The molecular formula is C11H13FN2. The highest BCUT2D eigenvalue weighted by Crippen LogP contribution is 2.37. The predicted molar refractivity (Wildman–Crippen MR) is 55.0 cm³/mol. The zero-order valence-corrected chi connectivity index (χ0v) is 7.89. The van der Waals surface area contributed by atoms with Crippen LogP contribution in [0, 0.1) is 11.7 Å². The molecule has 1 aromatic rings. The van der Waals surface area contributed by atoms with Crippen LogP contribution in [0.5, 0.6) is 0 Å². The van der Waals surface area contributed by atoms with Gasteiger partial charge in [-0.1, -0.05) is 0 Å². The monoisotopic (exact) mass is 192 g/mol. The lowest BCUT2D eigenvalue weighted by atomic mass is 10.1. The topological polar surface area (TPSA) is 24.1 Å². The van der Waals surface area contributed by atoms with Crippen molar-refractivity contribution in [1.82, 2.24) is 0 Å². The van der Waals surface area contributed by atoms with Crippen molar-refractivity contribution in [3.8, 4) is 0 Å². The van der Waals surface area contributed by atoms with Gasteiger partial charge in [-0.25, -0.2) is 4.39 Å². The first kappa shape index (κ1) is 8.09. The van der Waals surface area contributed by atoms with Crippen LogP contribution in [0.25, 0.3) is 0 Å². The number of halogens is 1. The summed E-state index contributed by atoms with van der Waals surface area (Å²) in [5.41, 5.74) is 1.93. The third-order valence-corrected chi connectivity index (χ3v) is 3.03. The van der Waals surface area contributed by atoms with E-state index < -0.39 is 0 Å². The van der Waals surface area contributed by atoms with Crippen LogP contribution in [-0.2, 0) is 0 Å². The van der Waals surface area contributed by atoms with Crippen molar-refractivity contribution in [3.63, 3.8) is 0 Å². The summed E-state index contributed by atoms with van der Waals surface area (Å²) in [6, 6.07) is 5.34. The first-order valence-electron chi connectivity index (χ1n) is 5.13. The second-order valence-corrected chi connectivity index (χ2v) is 4.16. The zero-order chi connectivity index (χ0) is 9.54. The Labute approximate surface area is 82.5 Å². The number of benzene rings is 1. The van der Waals surface area contributed by atoms with Gasteiger partial charge >= 0.3 is 0 Å². The molecule has 1 saturated carbocycles. The van der Waals surface area contributed by atoms with Crippen LogP contribution < -0.4 is 10.6 Å². The van der Waals surface area contributed by atoms with Gasteiger partial charge < -0.3 is 10.6 Å². The Morgan fingerprint density at radius 2 is 2.07 bits per heavy atom. The van der Waals surface area contributed by atoms with E-state index in [-0.39, 0.29) is 5.82 Å². The Kier molecular flexibility index (Phi) is 1.66. The highest BCUT2D eigenvalue weighted by atomic mass is 19.1. The van der Waals surface area contributed by atoms with Crippen LogP contribution in [0.15, 0.2) is 18.2 Å². The van der Waals surface area contributed by atoms with E-state index in [0.29, 0.717) is 6.04 Å². The lowest BCUT2D eigenvalue weighted by molar-refractivity contribution is 0.622. The minimum absolute atomic E-state index is 0.172. The van der Waals surface area contributed by atoms with E-state index in [1.807, 2.05) is 0 Å². The van der Waals surface area contributed by atoms with Crippen molar-refractivity contribution in [3.05, 3.63) is 24.0 Å². The molecule has 3 heteroatoms. The minimum atomic E-state index is -0.172. The van der Waals surface area contributed by atoms with E-state index in [1.165, 1.54) is 18.9 Å². The number of nitrogens with one attached hydrogen (secondary N) is 2. The number of hydrogen-bond donors (Lipinski definition) is 2. The van der Waals surface area contributed by atoms with E-state index >= 15 is 0 Å². The molecule has 14 heavy (non-hydrogen) atoms. The second-order valence-electron chi connectivity index (χ2n) is 4.16. The molecule has 0 radical (unpaired) electrons. The molecule has 74 valence electrons. The fourth-order valence-corrected chi connectivity index (χ4v) is 2.04. The van der Waals surface area contributed by atoms with E-state index in [9.17, 15) is 4.39 Å². The number of fused-ring (bicyclic) bond motifs is 1. The Morgan fingerprint density at radius 3 is 2.86 bits per heavy atom. The molecule has 2 N–H and O–H groups in total. The predicted octanol–water partition coefficient (Wildman–Crippen LogP) is 2.44. The van der Waals surface area contributed by atoms with Gasteiger partial charge in [0.15, 0.2) is 0 Å². The molecule has 1 unspecified atom stereocenters. The maximum atomic E-state index is 13.0. The quantitative estimate of drug-likeness (QED) is 0.714. The standard InChI is InChI=1S/C11H13FN2/c12-8-3-4-9-10(5-8)14-11(6-13-9)7-1-2-7/h3-5,7,11,13-14H,1-2,6H2. The van der Waals surface area contributed by atoms with Crippen LogP contribution in [-0.4, -0.2) is 12.6 Å². The van der Waals surface area contributed by atoms with Crippen LogP contribution in [0.2, 0.25) is 0 Å². The van der Waals surface area contributed by atoms with Gasteiger partial charge in [0.1, 0.15) is 5.82 Å². The first-order chi connectivity index (χ1) is 6.83. The maximum absolute atomic E-state index is 13.0. The smallest absolute Gasteiger partial charge is 0.125 e. The van der Waals surface area contributed by atoms with Crippen molar-refractivity contribution in [2.75, 3.05) is 17.2 Å². The molecule has 3 rings (SSSR count). The Bertz CT molecular complexity index is 360. The lowest BCUT2D eigenvalue weighted by Gasteiger charge is -2.28. The maximum Gasteiger partial charge on any atom is 0.125 e. The van der Waals surface area contributed by atoms with Gasteiger partial charge in [-0.3, -0.25) is 0 Å². The fraction of sp³-hybridized carbons (Fsp3) is 0.455. The SMILES string of the molecule is Fc1ccc2c(c1)NC(C1CC1)CN2. The second kappa shape index (κ2) is 2.87. The van der Waals surface area contributed by atoms with Crippen molar-refractivity contribution >= 4 is 11.4 Å². The van der Waals surface area contributed by atoms with Crippen LogP contribution in [0.3, 0.4) is 0 Å². The summed E-state index contributed by atoms with van der Waals surface area (Å²) in [6.07, 6.45) is 2.62. The lowest BCUT2D eigenvalue weighted by Crippen LogP contribution is -2.34. The van der Waals surface area contributed by atoms with Crippen molar-refractivity contribution < 1.29 is 4.39 Å². The van der Waals surface area contributed by atoms with Crippen molar-refractivity contribution in [1.29, 1.82) is 0 Å². The summed E-state index contributed by atoms with van der Waals surface area (Å²) >= 11 is 0. The highest BCUT2D eigenvalue weighted by molar-refractivity contribution is 5.71. The zero-order valence-electron chi connectivity index (χ0n) is 7.89. The van der Waals surface area contributed by atoms with Gasteiger partial charge in [-0.05, 0) is 37.0 Å². The van der Waals surface area contributed by atoms with Crippen molar-refractivity contribution in [2.24, 2.45) is 5.92 Å². The molecule has 2 nitrogen and oxygen atoms in total. The molecule has 1 heterocycles. The minimum Gasteiger partial charge on any atom is -0.381 e. The number of rotatable bonds is 1. The molecule has 0 spiro atoms. The molecule has 2 aliphatic rings. The Balaban J connectivity index is 1.88. The Hall–Kier alpha value is -1.25. The molecular weight excluding hydrogens is 179 g/mol. The van der Waals surface area contributed by atoms with E-state index in [4.69, 9.17) is 0 Å². The normalized spacial score (nSPS) is 24.8. The van der Waals surface area contributed by atoms with E-state index in [2.05, 4.69) is 10.6 Å². The molecule has 1 fully saturated rings. The summed E-state index contributed by atoms with van der Waals surface area (Å²) in [5.74, 6) is 0.619. The summed E-state index contributed by atoms with van der Waals surface area (Å²) in [5, 5.41) is 6.73. The average Bonchev–Trinajstić information content (AvgIpc) is 3.00. The van der Waals surface area contributed by atoms with Gasteiger partial charge in [0.2, 0.25) is 0 Å². The van der Waals surface area contributed by atoms with E-state index in [1.54, 1.807) is 12.1 Å². The van der Waals surface area contributed by atoms with Crippen LogP contribution >= 0.6 is 0 Å². The summed E-state index contributed by atoms with van der Waals surface area (Å²) < 4.78 is 13.0. The average molecular weight is 192 g/mol. The highest BCUT2D eigenvalue weighted by Gasteiger charge is 2.33. The van der Waals surface area contributed by atoms with Gasteiger partial charge in [-0.15, -0.1) is 0 Å². The molecule has 1 aliphatic carbocycles. The number of hydrogen-bond acceptors (Lipinski definition) is 2. The largest absolute Gasteiger partial charge is 0.381 e. The molecule has 0 bridgehead atoms. The fourth-order valence-electron chi connectivity index (χ4n) is 2.04. The summed E-state index contributed by atoms with van der Waals surface area (Å²) in [4.78, 5) is 0. The van der Waals surface area contributed by atoms with Gasteiger partial charge in [0, 0.05) is 12.6 Å². The van der Waals surface area contributed by atoms with E-state index in [0.717, 1.165) is 23.8 Å². The molecule has 1 aromatic carbocycles. The Morgan fingerprint density at radius 1 is 1.21 bits per heavy atom. The van der Waals surface area contributed by atoms with Crippen LogP contribution in [0.1, 0.15) is 12.8 Å². The molecule has 0 aromatic heterocycles. The van der Waals surface area contributed by atoms with Gasteiger partial charge in [-0.2, -0.15) is 0 Å². The number of anilines is 2.